The van der Waals surface area contributed by atoms with Gasteiger partial charge in [0.1, 0.15) is 5.75 Å². The van der Waals surface area contributed by atoms with Gasteiger partial charge in [-0.1, -0.05) is 0 Å². The Kier molecular flexibility index (Phi) is 3.92. The van der Waals surface area contributed by atoms with Gasteiger partial charge in [0.05, 0.1) is 0 Å². The summed E-state index contributed by atoms with van der Waals surface area (Å²) in [5.41, 5.74) is 0. The van der Waals surface area contributed by atoms with Gasteiger partial charge in [-0.05, 0) is 25.1 Å². The lowest BCUT2D eigenvalue weighted by atomic mass is 10.3. The third kappa shape index (κ3) is 2.96. The van der Waals surface area contributed by atoms with E-state index in [0.717, 1.165) is 32.6 Å². The Morgan fingerprint density at radius 3 is 3.10 bits per heavy atom. The van der Waals surface area contributed by atoms with Gasteiger partial charge in [0.25, 0.3) is 5.91 Å². The highest BCUT2D eigenvalue weighted by Crippen LogP contribution is 2.35. The van der Waals surface area contributed by atoms with Crippen LogP contribution in [0.5, 0.6) is 17.2 Å². The van der Waals surface area contributed by atoms with Crippen molar-refractivity contribution in [2.24, 2.45) is 0 Å². The normalized spacial score (nSPS) is 17.7. The third-order valence-corrected chi connectivity index (χ3v) is 3.40. The maximum absolute atomic E-state index is 12.1. The Bertz CT molecular complexity index is 484. The summed E-state index contributed by atoms with van der Waals surface area (Å²) in [6.07, 6.45) is 0.982. The quantitative estimate of drug-likeness (QED) is 0.878. The van der Waals surface area contributed by atoms with E-state index in [4.69, 9.17) is 14.2 Å². The molecule has 6 nitrogen and oxygen atoms in total. The molecule has 1 fully saturated rings. The van der Waals surface area contributed by atoms with Crippen LogP contribution in [0.1, 0.15) is 6.42 Å². The largest absolute Gasteiger partial charge is 0.484 e. The van der Waals surface area contributed by atoms with Gasteiger partial charge in [0.2, 0.25) is 6.79 Å². The van der Waals surface area contributed by atoms with E-state index in [9.17, 15) is 4.79 Å². The number of rotatable bonds is 3. The Balaban J connectivity index is 1.54. The van der Waals surface area contributed by atoms with E-state index >= 15 is 0 Å². The minimum Gasteiger partial charge on any atom is -0.484 e. The van der Waals surface area contributed by atoms with Gasteiger partial charge in [-0.25, -0.2) is 0 Å². The topological polar surface area (TPSA) is 60.0 Å². The van der Waals surface area contributed by atoms with E-state index in [1.165, 1.54) is 0 Å². The fraction of sp³-hybridized carbons (Fsp3) is 0.500. The molecule has 2 heterocycles. The summed E-state index contributed by atoms with van der Waals surface area (Å²) in [6, 6.07) is 5.32. The zero-order valence-corrected chi connectivity index (χ0v) is 11.3. The molecule has 6 heteroatoms. The SMILES string of the molecule is O=C(COc1ccc2c(c1)OCO2)N1CCCNCC1. The first-order chi connectivity index (χ1) is 9.83. The lowest BCUT2D eigenvalue weighted by Crippen LogP contribution is -2.37. The molecule has 1 aromatic rings. The van der Waals surface area contributed by atoms with Gasteiger partial charge in [-0.2, -0.15) is 0 Å². The van der Waals surface area contributed by atoms with Crippen LogP contribution in [0.2, 0.25) is 0 Å². The highest BCUT2D eigenvalue weighted by Gasteiger charge is 2.17. The average Bonchev–Trinajstić information content (AvgIpc) is 2.76. The van der Waals surface area contributed by atoms with Crippen LogP contribution in [-0.2, 0) is 4.79 Å². The molecule has 0 saturated carbocycles. The van der Waals surface area contributed by atoms with Crippen molar-refractivity contribution in [1.29, 1.82) is 0 Å². The molecule has 1 amide bonds. The number of nitrogens with one attached hydrogen (secondary N) is 1. The molecule has 2 aliphatic heterocycles. The fourth-order valence-corrected chi connectivity index (χ4v) is 2.30. The first-order valence-electron chi connectivity index (χ1n) is 6.84. The molecule has 0 aromatic heterocycles. The Morgan fingerprint density at radius 2 is 2.15 bits per heavy atom. The molecule has 0 bridgehead atoms. The van der Waals surface area contributed by atoms with Crippen LogP contribution in [0.4, 0.5) is 0 Å². The van der Waals surface area contributed by atoms with E-state index in [0.29, 0.717) is 17.2 Å². The summed E-state index contributed by atoms with van der Waals surface area (Å²) in [7, 11) is 0. The van der Waals surface area contributed by atoms with Crippen molar-refractivity contribution in [3.63, 3.8) is 0 Å². The maximum atomic E-state index is 12.1. The maximum Gasteiger partial charge on any atom is 0.260 e. The monoisotopic (exact) mass is 278 g/mol. The van der Waals surface area contributed by atoms with E-state index in [-0.39, 0.29) is 19.3 Å². The molecule has 1 saturated heterocycles. The van der Waals surface area contributed by atoms with Gasteiger partial charge in [-0.3, -0.25) is 4.79 Å². The second-order valence-electron chi connectivity index (χ2n) is 4.79. The van der Waals surface area contributed by atoms with Crippen molar-refractivity contribution in [3.8, 4) is 17.2 Å². The van der Waals surface area contributed by atoms with Crippen LogP contribution in [-0.4, -0.2) is 50.4 Å². The van der Waals surface area contributed by atoms with Crippen molar-refractivity contribution in [2.75, 3.05) is 39.6 Å². The molecule has 1 aromatic carbocycles. The number of carbonyl (C=O) groups excluding carboxylic acids is 1. The molecular formula is C14H18N2O4. The molecule has 0 radical (unpaired) electrons. The Morgan fingerprint density at radius 1 is 1.25 bits per heavy atom. The molecule has 0 unspecified atom stereocenters. The zero-order valence-electron chi connectivity index (χ0n) is 11.3. The smallest absolute Gasteiger partial charge is 0.260 e. The average molecular weight is 278 g/mol. The van der Waals surface area contributed by atoms with Crippen molar-refractivity contribution in [1.82, 2.24) is 10.2 Å². The Labute approximate surface area is 117 Å². The molecule has 0 spiro atoms. The number of nitrogens with zero attached hydrogens (tertiary/aromatic N) is 1. The second kappa shape index (κ2) is 6.00. The van der Waals surface area contributed by atoms with Crippen molar-refractivity contribution in [2.45, 2.75) is 6.42 Å². The van der Waals surface area contributed by atoms with Crippen LogP contribution in [0.3, 0.4) is 0 Å². The van der Waals surface area contributed by atoms with Crippen molar-refractivity contribution < 1.29 is 19.0 Å². The standard InChI is InChI=1S/C14H18N2O4/c17-14(16-6-1-4-15-5-7-16)9-18-11-2-3-12-13(8-11)20-10-19-12/h2-3,8,15H,1,4-7,9-10H2. The van der Waals surface area contributed by atoms with E-state index in [2.05, 4.69) is 5.32 Å². The van der Waals surface area contributed by atoms with Crippen LogP contribution in [0.15, 0.2) is 18.2 Å². The van der Waals surface area contributed by atoms with Gasteiger partial charge < -0.3 is 24.4 Å². The zero-order chi connectivity index (χ0) is 13.8. The fourth-order valence-electron chi connectivity index (χ4n) is 2.30. The third-order valence-electron chi connectivity index (χ3n) is 3.40. The summed E-state index contributed by atoms with van der Waals surface area (Å²) in [5, 5.41) is 3.27. The number of carbonyl (C=O) groups is 1. The van der Waals surface area contributed by atoms with Crippen LogP contribution >= 0.6 is 0 Å². The summed E-state index contributed by atoms with van der Waals surface area (Å²) in [6.45, 7) is 3.63. The van der Waals surface area contributed by atoms with E-state index in [1.54, 1.807) is 18.2 Å². The summed E-state index contributed by atoms with van der Waals surface area (Å²) < 4.78 is 16.0. The first-order valence-corrected chi connectivity index (χ1v) is 6.84. The van der Waals surface area contributed by atoms with E-state index < -0.39 is 0 Å². The van der Waals surface area contributed by atoms with Gasteiger partial charge in [0, 0.05) is 25.7 Å². The highest BCUT2D eigenvalue weighted by atomic mass is 16.7. The van der Waals surface area contributed by atoms with Crippen LogP contribution in [0, 0.1) is 0 Å². The summed E-state index contributed by atoms with van der Waals surface area (Å²) >= 11 is 0. The molecule has 20 heavy (non-hydrogen) atoms. The van der Waals surface area contributed by atoms with Crippen LogP contribution < -0.4 is 19.5 Å². The number of hydrogen-bond donors (Lipinski definition) is 1. The molecule has 108 valence electrons. The number of ether oxygens (including phenoxy) is 3. The van der Waals surface area contributed by atoms with Gasteiger partial charge in [0.15, 0.2) is 18.1 Å². The minimum absolute atomic E-state index is 0.0198. The number of hydrogen-bond acceptors (Lipinski definition) is 5. The second-order valence-corrected chi connectivity index (χ2v) is 4.79. The highest BCUT2D eigenvalue weighted by molar-refractivity contribution is 5.77. The summed E-state index contributed by atoms with van der Waals surface area (Å²) in [5.74, 6) is 2.01. The van der Waals surface area contributed by atoms with Crippen molar-refractivity contribution >= 4 is 5.91 Å². The number of fused-ring (bicyclic) bond motifs is 1. The molecule has 0 atom stereocenters. The Hall–Kier alpha value is -1.95. The minimum atomic E-state index is 0.0198. The molecule has 1 N–H and O–H groups in total. The van der Waals surface area contributed by atoms with Gasteiger partial charge >= 0.3 is 0 Å². The van der Waals surface area contributed by atoms with Crippen LogP contribution in [0.25, 0.3) is 0 Å². The molecular weight excluding hydrogens is 260 g/mol. The molecule has 2 aliphatic rings. The predicted octanol–water partition coefficient (Wildman–Crippen LogP) is 0.616. The predicted molar refractivity (Wildman–Crippen MR) is 72.1 cm³/mol. The lowest BCUT2D eigenvalue weighted by Gasteiger charge is -2.20. The van der Waals surface area contributed by atoms with E-state index in [1.807, 2.05) is 4.90 Å². The van der Waals surface area contributed by atoms with Crippen molar-refractivity contribution in [3.05, 3.63) is 18.2 Å². The molecule has 3 rings (SSSR count). The summed E-state index contributed by atoms with van der Waals surface area (Å²) in [4.78, 5) is 13.9. The van der Waals surface area contributed by atoms with Gasteiger partial charge in [-0.15, -0.1) is 0 Å². The number of benzene rings is 1. The first kappa shape index (κ1) is 13.1. The molecule has 0 aliphatic carbocycles. The number of amides is 1. The lowest BCUT2D eigenvalue weighted by molar-refractivity contribution is -0.133.